The zero-order chi connectivity index (χ0) is 27.2. The second-order valence-corrected chi connectivity index (χ2v) is 12.1. The molecule has 3 aliphatic rings. The summed E-state index contributed by atoms with van der Waals surface area (Å²) in [5.74, 6) is 0.515. The number of rotatable bonds is 7. The first-order valence-corrected chi connectivity index (χ1v) is 15.4. The number of carbonyl (C=O) groups is 2. The van der Waals surface area contributed by atoms with E-state index in [0.717, 1.165) is 24.8 Å². The van der Waals surface area contributed by atoms with E-state index in [-0.39, 0.29) is 16.9 Å². The number of hydrogen-bond acceptors (Lipinski definition) is 6. The van der Waals surface area contributed by atoms with E-state index in [0.29, 0.717) is 55.6 Å². The molecule has 5 rings (SSSR count). The second kappa shape index (κ2) is 12.2. The average molecular weight is 553 g/mol. The molecule has 2 fully saturated rings. The summed E-state index contributed by atoms with van der Waals surface area (Å²) in [4.78, 5) is 33.3. The maximum atomic E-state index is 13.1. The van der Waals surface area contributed by atoms with Crippen molar-refractivity contribution in [1.82, 2.24) is 9.80 Å². The summed E-state index contributed by atoms with van der Waals surface area (Å²) in [7, 11) is -3.84. The quantitative estimate of drug-likeness (QED) is 0.520. The Labute approximate surface area is 230 Å². The van der Waals surface area contributed by atoms with E-state index >= 15 is 0 Å². The minimum Gasteiger partial charge on any atom is -0.449 e. The van der Waals surface area contributed by atoms with E-state index in [4.69, 9.17) is 4.74 Å². The van der Waals surface area contributed by atoms with Crippen molar-refractivity contribution in [3.63, 3.8) is 0 Å². The Hall–Kier alpha value is -3.40. The number of sulfonamides is 1. The number of aryl methyl sites for hydroxylation is 1. The smallest absolute Gasteiger partial charge is 0.409 e. The topological polar surface area (TPSA) is 108 Å². The van der Waals surface area contributed by atoms with Crippen LogP contribution < -0.4 is 4.72 Å². The van der Waals surface area contributed by atoms with Crippen molar-refractivity contribution in [1.29, 1.82) is 0 Å². The van der Waals surface area contributed by atoms with Gasteiger partial charge in [-0.3, -0.25) is 14.5 Å². The van der Waals surface area contributed by atoms with Crippen LogP contribution in [0.2, 0.25) is 0 Å². The van der Waals surface area contributed by atoms with Crippen molar-refractivity contribution < 1.29 is 22.7 Å². The van der Waals surface area contributed by atoms with Crippen LogP contribution in [-0.2, 0) is 21.2 Å². The van der Waals surface area contributed by atoms with Gasteiger partial charge in [-0.1, -0.05) is 44.2 Å². The van der Waals surface area contributed by atoms with Crippen LogP contribution in [0, 0.1) is 5.92 Å². The van der Waals surface area contributed by atoms with Crippen LogP contribution in [0.1, 0.15) is 60.9 Å². The molecule has 208 valence electrons. The van der Waals surface area contributed by atoms with Crippen molar-refractivity contribution in [2.75, 3.05) is 37.5 Å². The molecule has 2 heterocycles. The molecule has 39 heavy (non-hydrogen) atoms. The Bertz CT molecular complexity index is 1310. The van der Waals surface area contributed by atoms with Gasteiger partial charge in [0.2, 0.25) is 0 Å². The zero-order valence-electron chi connectivity index (χ0n) is 22.2. The monoisotopic (exact) mass is 552 g/mol. The number of nitrogens with zero attached hydrogens (tertiary/aromatic N) is 3. The molecule has 1 saturated heterocycles. The van der Waals surface area contributed by atoms with Gasteiger partial charge in [0.15, 0.2) is 0 Å². The highest BCUT2D eigenvalue weighted by Gasteiger charge is 2.27. The predicted octanol–water partition coefficient (Wildman–Crippen LogP) is 5.00. The van der Waals surface area contributed by atoms with Gasteiger partial charge in [-0.15, -0.1) is 0 Å². The Morgan fingerprint density at radius 2 is 1.67 bits per heavy atom. The number of para-hydroxylation sites is 1. The molecule has 2 amide bonds. The molecule has 0 spiro atoms. The van der Waals surface area contributed by atoms with Crippen LogP contribution in [0.5, 0.6) is 0 Å². The molecule has 10 heteroatoms. The Balaban J connectivity index is 1.12. The number of carbonyl (C=O) groups excluding carboxylic acids is 2. The highest BCUT2D eigenvalue weighted by Crippen LogP contribution is 2.32. The predicted molar refractivity (Wildman–Crippen MR) is 150 cm³/mol. The summed E-state index contributed by atoms with van der Waals surface area (Å²) in [5.41, 5.74) is 2.22. The minimum atomic E-state index is -3.84. The van der Waals surface area contributed by atoms with E-state index in [1.165, 1.54) is 32.1 Å². The number of ether oxygens (including phenoxy) is 1. The Kier molecular flexibility index (Phi) is 8.50. The SMILES string of the molecule is O=C(OCCC1CCCCC1)N1CCN(C(=O)c2ccc(NS(=O)(=O)c3cccc4c3N=CCC4)cc2)CC1. The van der Waals surface area contributed by atoms with Gasteiger partial charge in [-0.05, 0) is 61.1 Å². The van der Waals surface area contributed by atoms with Gasteiger partial charge in [0, 0.05) is 43.6 Å². The molecule has 0 atom stereocenters. The average Bonchev–Trinajstić information content (AvgIpc) is 2.97. The number of aliphatic imine (C=N–C) groups is 1. The van der Waals surface area contributed by atoms with Gasteiger partial charge < -0.3 is 14.5 Å². The molecule has 1 aliphatic carbocycles. The maximum absolute atomic E-state index is 13.1. The molecule has 2 aromatic rings. The van der Waals surface area contributed by atoms with Crippen LogP contribution in [0.4, 0.5) is 16.2 Å². The van der Waals surface area contributed by atoms with E-state index < -0.39 is 10.0 Å². The summed E-state index contributed by atoms with van der Waals surface area (Å²) in [6.07, 6.45) is 10.2. The zero-order valence-corrected chi connectivity index (χ0v) is 23.0. The number of benzene rings is 2. The molecule has 0 bridgehead atoms. The molecule has 0 aromatic heterocycles. The van der Waals surface area contributed by atoms with Gasteiger partial charge >= 0.3 is 6.09 Å². The van der Waals surface area contributed by atoms with E-state index in [2.05, 4.69) is 9.71 Å². The highest BCUT2D eigenvalue weighted by atomic mass is 32.2. The van der Waals surface area contributed by atoms with Crippen LogP contribution in [0.15, 0.2) is 52.4 Å². The van der Waals surface area contributed by atoms with Crippen LogP contribution in [-0.4, -0.2) is 69.2 Å². The van der Waals surface area contributed by atoms with Crippen molar-refractivity contribution in [2.24, 2.45) is 10.9 Å². The fourth-order valence-electron chi connectivity index (χ4n) is 5.55. The van der Waals surface area contributed by atoms with Gasteiger partial charge in [-0.25, -0.2) is 13.2 Å². The molecule has 0 radical (unpaired) electrons. The highest BCUT2D eigenvalue weighted by molar-refractivity contribution is 7.92. The van der Waals surface area contributed by atoms with Crippen molar-refractivity contribution in [2.45, 2.75) is 56.3 Å². The van der Waals surface area contributed by atoms with Crippen LogP contribution in [0.3, 0.4) is 0 Å². The third-order valence-electron chi connectivity index (χ3n) is 7.82. The second-order valence-electron chi connectivity index (χ2n) is 10.5. The number of amides is 2. The Morgan fingerprint density at radius 1 is 0.949 bits per heavy atom. The lowest BCUT2D eigenvalue weighted by atomic mass is 9.87. The lowest BCUT2D eigenvalue weighted by molar-refractivity contribution is 0.0543. The van der Waals surface area contributed by atoms with Crippen molar-refractivity contribution in [3.05, 3.63) is 53.6 Å². The standard InChI is InChI=1S/C29H36N4O5S/c34-28(32-17-19-33(20-18-32)29(35)38-21-15-22-6-2-1-3-7-22)24-11-13-25(14-12-24)31-39(36,37)26-10-4-8-23-9-5-16-30-27(23)26/h4,8,10-14,16,22,31H,1-3,5-7,9,15,17-21H2. The fraction of sp³-hybridized carbons (Fsp3) is 0.483. The summed E-state index contributed by atoms with van der Waals surface area (Å²) in [6, 6.07) is 11.6. The first-order chi connectivity index (χ1) is 18.9. The maximum Gasteiger partial charge on any atom is 0.409 e. The summed E-state index contributed by atoms with van der Waals surface area (Å²) >= 11 is 0. The lowest BCUT2D eigenvalue weighted by Gasteiger charge is -2.34. The van der Waals surface area contributed by atoms with Gasteiger partial charge in [0.1, 0.15) is 4.90 Å². The van der Waals surface area contributed by atoms with E-state index in [1.54, 1.807) is 52.4 Å². The summed E-state index contributed by atoms with van der Waals surface area (Å²) in [6.45, 7) is 2.15. The lowest BCUT2D eigenvalue weighted by Crippen LogP contribution is -2.50. The molecule has 2 aliphatic heterocycles. The summed E-state index contributed by atoms with van der Waals surface area (Å²) in [5, 5.41) is 0. The number of piperazine rings is 1. The number of nitrogens with one attached hydrogen (secondary N) is 1. The largest absolute Gasteiger partial charge is 0.449 e. The third-order valence-corrected chi connectivity index (χ3v) is 9.23. The van der Waals surface area contributed by atoms with Gasteiger partial charge in [0.25, 0.3) is 15.9 Å². The molecule has 1 saturated carbocycles. The first kappa shape index (κ1) is 27.2. The summed E-state index contributed by atoms with van der Waals surface area (Å²) < 4.78 is 34.2. The molecule has 9 nitrogen and oxygen atoms in total. The van der Waals surface area contributed by atoms with Crippen molar-refractivity contribution in [3.8, 4) is 0 Å². The number of hydrogen-bond donors (Lipinski definition) is 1. The number of anilines is 1. The van der Waals surface area contributed by atoms with Crippen LogP contribution >= 0.6 is 0 Å². The number of fused-ring (bicyclic) bond motifs is 1. The van der Waals surface area contributed by atoms with Gasteiger partial charge in [0.05, 0.1) is 12.3 Å². The fourth-order valence-corrected chi connectivity index (χ4v) is 6.81. The normalized spacial score (nSPS) is 17.9. The Morgan fingerprint density at radius 3 is 2.41 bits per heavy atom. The molecule has 2 aromatic carbocycles. The molecule has 1 N–H and O–H groups in total. The first-order valence-electron chi connectivity index (χ1n) is 13.9. The molecular weight excluding hydrogens is 516 g/mol. The van der Waals surface area contributed by atoms with E-state index in [9.17, 15) is 18.0 Å². The van der Waals surface area contributed by atoms with Gasteiger partial charge in [-0.2, -0.15) is 0 Å². The van der Waals surface area contributed by atoms with Crippen LogP contribution in [0.25, 0.3) is 0 Å². The molecular formula is C29H36N4O5S. The van der Waals surface area contributed by atoms with E-state index in [1.807, 2.05) is 6.07 Å². The third kappa shape index (κ3) is 6.61. The van der Waals surface area contributed by atoms with Crippen molar-refractivity contribution >= 4 is 39.6 Å². The molecule has 0 unspecified atom stereocenters. The minimum absolute atomic E-state index is 0.140.